The second kappa shape index (κ2) is 5.05. The molecule has 0 bridgehead atoms. The average molecular weight is 253 g/mol. The second-order valence-corrected chi connectivity index (χ2v) is 4.33. The van der Waals surface area contributed by atoms with E-state index in [2.05, 4.69) is 9.97 Å². The van der Waals surface area contributed by atoms with Crippen LogP contribution in [-0.4, -0.2) is 31.4 Å². The van der Waals surface area contributed by atoms with Gasteiger partial charge in [0.1, 0.15) is 12.3 Å². The highest BCUT2D eigenvalue weighted by atomic mass is 32.2. The number of nitrogens with zero attached hydrogens (tertiary/aromatic N) is 3. The molecule has 6 nitrogen and oxygen atoms in total. The maximum Gasteiger partial charge on any atom is 0.313 e. The van der Waals surface area contributed by atoms with Crippen molar-refractivity contribution in [2.24, 2.45) is 0 Å². The molecule has 0 unspecified atom stereocenters. The highest BCUT2D eigenvalue weighted by Gasteiger charge is 2.09. The third kappa shape index (κ3) is 3.10. The van der Waals surface area contributed by atoms with Crippen LogP contribution in [0.2, 0.25) is 0 Å². The molecule has 0 aliphatic heterocycles. The lowest BCUT2D eigenvalue weighted by Gasteiger charge is -2.03. The third-order valence-electron chi connectivity index (χ3n) is 1.98. The van der Waals surface area contributed by atoms with Crippen LogP contribution < -0.4 is 0 Å². The molecular formula is C10H11N3O3S. The van der Waals surface area contributed by atoms with Crippen LogP contribution in [0.3, 0.4) is 0 Å². The molecule has 17 heavy (non-hydrogen) atoms. The zero-order chi connectivity index (χ0) is 12.3. The Hall–Kier alpha value is -1.76. The molecule has 0 atom stereocenters. The number of carboxylic acids is 1. The molecule has 0 saturated carbocycles. The molecule has 90 valence electrons. The van der Waals surface area contributed by atoms with Gasteiger partial charge in [-0.15, -0.1) is 0 Å². The Morgan fingerprint density at radius 1 is 1.59 bits per heavy atom. The number of carboxylic acid groups (broad SMARTS) is 1. The predicted octanol–water partition coefficient (Wildman–Crippen LogP) is 1.40. The molecular weight excluding hydrogens is 242 g/mol. The van der Waals surface area contributed by atoms with E-state index in [0.717, 1.165) is 5.76 Å². The molecule has 0 aliphatic rings. The van der Waals surface area contributed by atoms with Gasteiger partial charge in [-0.2, -0.15) is 0 Å². The summed E-state index contributed by atoms with van der Waals surface area (Å²) in [5, 5.41) is 9.25. The molecule has 0 saturated heterocycles. The zero-order valence-corrected chi connectivity index (χ0v) is 9.98. The number of aryl methyl sites for hydroxylation is 1. The number of hydrogen-bond acceptors (Lipinski definition) is 5. The number of aliphatic carboxylic acids is 1. The van der Waals surface area contributed by atoms with Crippen molar-refractivity contribution in [3.63, 3.8) is 0 Å². The Labute approximate surface area is 102 Å². The van der Waals surface area contributed by atoms with Crippen molar-refractivity contribution in [3.8, 4) is 0 Å². The maximum atomic E-state index is 10.5. The van der Waals surface area contributed by atoms with Crippen molar-refractivity contribution >= 4 is 17.7 Å². The van der Waals surface area contributed by atoms with Crippen molar-refractivity contribution in [3.05, 3.63) is 30.2 Å². The first-order valence-electron chi connectivity index (χ1n) is 4.92. The smallest absolute Gasteiger partial charge is 0.313 e. The molecule has 2 aromatic rings. The Balaban J connectivity index is 2.06. The van der Waals surface area contributed by atoms with Gasteiger partial charge in [-0.25, -0.2) is 9.97 Å². The number of oxazole rings is 1. The summed E-state index contributed by atoms with van der Waals surface area (Å²) in [7, 11) is 0. The van der Waals surface area contributed by atoms with Crippen molar-refractivity contribution in [2.75, 3.05) is 5.75 Å². The van der Waals surface area contributed by atoms with Crippen molar-refractivity contribution in [1.82, 2.24) is 14.5 Å². The molecule has 2 heterocycles. The van der Waals surface area contributed by atoms with Crippen molar-refractivity contribution in [2.45, 2.75) is 18.6 Å². The number of hydrogen-bond donors (Lipinski definition) is 1. The van der Waals surface area contributed by atoms with Crippen molar-refractivity contribution < 1.29 is 14.3 Å². The van der Waals surface area contributed by atoms with E-state index in [1.165, 1.54) is 11.8 Å². The van der Waals surface area contributed by atoms with Gasteiger partial charge in [-0.1, -0.05) is 11.8 Å². The van der Waals surface area contributed by atoms with Gasteiger partial charge in [0.25, 0.3) is 0 Å². The summed E-state index contributed by atoms with van der Waals surface area (Å²) in [6.07, 6.45) is 5.04. The Morgan fingerprint density at radius 3 is 3.06 bits per heavy atom. The van der Waals surface area contributed by atoms with Gasteiger partial charge in [0.15, 0.2) is 5.16 Å². The summed E-state index contributed by atoms with van der Waals surface area (Å²) < 4.78 is 7.16. The number of aromatic nitrogens is 3. The van der Waals surface area contributed by atoms with Crippen molar-refractivity contribution in [1.29, 1.82) is 0 Å². The van der Waals surface area contributed by atoms with Crippen LogP contribution in [0.1, 0.15) is 11.7 Å². The minimum absolute atomic E-state index is 0.0123. The lowest BCUT2D eigenvalue weighted by Crippen LogP contribution is -2.03. The predicted molar refractivity (Wildman–Crippen MR) is 60.9 cm³/mol. The lowest BCUT2D eigenvalue weighted by atomic mass is 10.6. The van der Waals surface area contributed by atoms with E-state index in [4.69, 9.17) is 9.52 Å². The van der Waals surface area contributed by atoms with Gasteiger partial charge in [0.05, 0.1) is 11.9 Å². The molecule has 0 spiro atoms. The van der Waals surface area contributed by atoms with Crippen LogP contribution in [0.15, 0.2) is 28.2 Å². The summed E-state index contributed by atoms with van der Waals surface area (Å²) in [5.74, 6) is 0.454. The standard InChI is InChI=1S/C10H11N3O3S/c1-7-4-12-8(16-7)5-13-3-2-11-10(13)17-6-9(14)15/h2-4H,5-6H2,1H3,(H,14,15). The highest BCUT2D eigenvalue weighted by molar-refractivity contribution is 7.99. The van der Waals surface area contributed by atoms with Gasteiger partial charge in [-0.05, 0) is 6.92 Å². The quantitative estimate of drug-likeness (QED) is 0.811. The Morgan fingerprint density at radius 2 is 2.41 bits per heavy atom. The van der Waals surface area contributed by atoms with E-state index in [-0.39, 0.29) is 5.75 Å². The van der Waals surface area contributed by atoms with Crippen LogP contribution in [0.25, 0.3) is 0 Å². The molecule has 2 aromatic heterocycles. The van der Waals surface area contributed by atoms with Gasteiger partial charge < -0.3 is 14.1 Å². The highest BCUT2D eigenvalue weighted by Crippen LogP contribution is 2.16. The molecule has 7 heteroatoms. The van der Waals surface area contributed by atoms with E-state index in [1.54, 1.807) is 23.2 Å². The van der Waals surface area contributed by atoms with E-state index in [1.807, 2.05) is 6.92 Å². The third-order valence-corrected chi connectivity index (χ3v) is 2.97. The first kappa shape index (κ1) is 11.7. The van der Waals surface area contributed by atoms with Crippen LogP contribution in [0.5, 0.6) is 0 Å². The fraction of sp³-hybridized carbons (Fsp3) is 0.300. The van der Waals surface area contributed by atoms with E-state index in [9.17, 15) is 4.79 Å². The van der Waals surface area contributed by atoms with Gasteiger partial charge >= 0.3 is 5.97 Å². The van der Waals surface area contributed by atoms with Gasteiger partial charge in [0, 0.05) is 12.4 Å². The van der Waals surface area contributed by atoms with E-state index >= 15 is 0 Å². The SMILES string of the molecule is Cc1cnc(Cn2ccnc2SCC(=O)O)o1. The number of carbonyl (C=O) groups is 1. The molecule has 0 aromatic carbocycles. The first-order chi connectivity index (χ1) is 8.15. The minimum atomic E-state index is -0.864. The summed E-state index contributed by atoms with van der Waals surface area (Å²) in [5.41, 5.74) is 0. The maximum absolute atomic E-state index is 10.5. The summed E-state index contributed by atoms with van der Waals surface area (Å²) >= 11 is 1.17. The molecule has 0 aliphatic carbocycles. The Kier molecular flexibility index (Phi) is 3.48. The van der Waals surface area contributed by atoms with Crippen LogP contribution >= 0.6 is 11.8 Å². The molecule has 0 fully saturated rings. The molecule has 0 amide bonds. The summed E-state index contributed by atoms with van der Waals surface area (Å²) in [6.45, 7) is 2.28. The minimum Gasteiger partial charge on any atom is -0.481 e. The molecule has 0 radical (unpaired) electrons. The number of thioether (sulfide) groups is 1. The van der Waals surface area contributed by atoms with Crippen LogP contribution in [0, 0.1) is 6.92 Å². The topological polar surface area (TPSA) is 81.2 Å². The normalized spacial score (nSPS) is 10.6. The van der Waals surface area contributed by atoms with Gasteiger partial charge in [0.2, 0.25) is 5.89 Å². The van der Waals surface area contributed by atoms with E-state index in [0.29, 0.717) is 17.6 Å². The Bertz CT molecular complexity index is 520. The first-order valence-corrected chi connectivity index (χ1v) is 5.91. The van der Waals surface area contributed by atoms with Crippen LogP contribution in [-0.2, 0) is 11.3 Å². The summed E-state index contributed by atoms with van der Waals surface area (Å²) in [6, 6.07) is 0. The monoisotopic (exact) mass is 253 g/mol. The fourth-order valence-electron chi connectivity index (χ4n) is 1.30. The second-order valence-electron chi connectivity index (χ2n) is 3.38. The van der Waals surface area contributed by atoms with Crippen LogP contribution in [0.4, 0.5) is 0 Å². The summed E-state index contributed by atoms with van der Waals surface area (Å²) in [4.78, 5) is 18.6. The van der Waals surface area contributed by atoms with E-state index < -0.39 is 5.97 Å². The number of imidazole rings is 1. The molecule has 2 rings (SSSR count). The average Bonchev–Trinajstić information content (AvgIpc) is 2.86. The zero-order valence-electron chi connectivity index (χ0n) is 9.16. The largest absolute Gasteiger partial charge is 0.481 e. The lowest BCUT2D eigenvalue weighted by molar-refractivity contribution is -0.133. The fourth-order valence-corrected chi connectivity index (χ4v) is 1.98. The number of rotatable bonds is 5. The molecule has 1 N–H and O–H groups in total. The van der Waals surface area contributed by atoms with Gasteiger partial charge in [-0.3, -0.25) is 4.79 Å².